The highest BCUT2D eigenvalue weighted by molar-refractivity contribution is 7.90. The standard InChI is InChI=1S/C14H18F2N2O3S/c1-17-8-7-12(22(17,20)21)14(19)18(10-13(15)16)9-11-5-3-2-4-6-11/h2-6,12-13H,7-10H2,1H3. The Morgan fingerprint density at radius 2 is 2.00 bits per heavy atom. The van der Waals surface area contributed by atoms with E-state index in [1.807, 2.05) is 0 Å². The minimum Gasteiger partial charge on any atom is -0.331 e. The molecule has 0 saturated carbocycles. The summed E-state index contributed by atoms with van der Waals surface area (Å²) in [5.74, 6) is -0.756. The summed E-state index contributed by atoms with van der Waals surface area (Å²) in [6.07, 6.45) is -2.58. The zero-order valence-electron chi connectivity index (χ0n) is 12.2. The molecule has 1 aliphatic heterocycles. The van der Waals surface area contributed by atoms with Crippen molar-refractivity contribution in [3.8, 4) is 0 Å². The van der Waals surface area contributed by atoms with E-state index in [0.29, 0.717) is 5.56 Å². The number of nitrogens with zero attached hydrogens (tertiary/aromatic N) is 2. The Balaban J connectivity index is 2.20. The number of carbonyl (C=O) groups excluding carboxylic acids is 1. The fraction of sp³-hybridized carbons (Fsp3) is 0.500. The highest BCUT2D eigenvalue weighted by Crippen LogP contribution is 2.23. The summed E-state index contributed by atoms with van der Waals surface area (Å²) in [5, 5.41) is -1.26. The minimum absolute atomic E-state index is 0.0280. The molecule has 122 valence electrons. The molecule has 1 unspecified atom stereocenters. The number of sulfonamides is 1. The number of hydrogen-bond acceptors (Lipinski definition) is 3. The molecule has 8 heteroatoms. The van der Waals surface area contributed by atoms with Gasteiger partial charge < -0.3 is 4.90 Å². The van der Waals surface area contributed by atoms with Crippen molar-refractivity contribution in [3.05, 3.63) is 35.9 Å². The van der Waals surface area contributed by atoms with Gasteiger partial charge in [-0.3, -0.25) is 4.79 Å². The van der Waals surface area contributed by atoms with E-state index in [2.05, 4.69) is 0 Å². The zero-order chi connectivity index (χ0) is 16.3. The van der Waals surface area contributed by atoms with Gasteiger partial charge in [0.25, 0.3) is 6.43 Å². The topological polar surface area (TPSA) is 57.7 Å². The average Bonchev–Trinajstić information content (AvgIpc) is 2.72. The van der Waals surface area contributed by atoms with Crippen molar-refractivity contribution in [1.29, 1.82) is 0 Å². The second-order valence-electron chi connectivity index (χ2n) is 5.24. The third-order valence-corrected chi connectivity index (χ3v) is 5.87. The van der Waals surface area contributed by atoms with Crippen LogP contribution in [0.1, 0.15) is 12.0 Å². The van der Waals surface area contributed by atoms with Gasteiger partial charge in [-0.1, -0.05) is 30.3 Å². The molecule has 1 atom stereocenters. The van der Waals surface area contributed by atoms with Crippen molar-refractivity contribution >= 4 is 15.9 Å². The van der Waals surface area contributed by atoms with Crippen LogP contribution in [0.5, 0.6) is 0 Å². The highest BCUT2D eigenvalue weighted by Gasteiger charge is 2.43. The molecule has 1 aromatic carbocycles. The van der Waals surface area contributed by atoms with Crippen LogP contribution in [-0.4, -0.2) is 55.3 Å². The van der Waals surface area contributed by atoms with E-state index in [1.54, 1.807) is 30.3 Å². The van der Waals surface area contributed by atoms with Crippen LogP contribution in [0.2, 0.25) is 0 Å². The van der Waals surface area contributed by atoms with Gasteiger partial charge in [-0.2, -0.15) is 0 Å². The van der Waals surface area contributed by atoms with Gasteiger partial charge in [0.15, 0.2) is 5.25 Å². The Labute approximate surface area is 128 Å². The molecule has 1 saturated heterocycles. The lowest BCUT2D eigenvalue weighted by Crippen LogP contribution is -2.44. The van der Waals surface area contributed by atoms with E-state index in [4.69, 9.17) is 0 Å². The van der Waals surface area contributed by atoms with Gasteiger partial charge in [-0.25, -0.2) is 21.5 Å². The van der Waals surface area contributed by atoms with Crippen molar-refractivity contribution in [3.63, 3.8) is 0 Å². The first-order valence-corrected chi connectivity index (χ1v) is 8.38. The molecule has 0 bridgehead atoms. The van der Waals surface area contributed by atoms with Crippen LogP contribution in [0.15, 0.2) is 30.3 Å². The Hall–Kier alpha value is -1.54. The van der Waals surface area contributed by atoms with Gasteiger partial charge >= 0.3 is 0 Å². The molecule has 5 nitrogen and oxygen atoms in total. The SMILES string of the molecule is CN1CCC(C(=O)N(Cc2ccccc2)CC(F)F)S1(=O)=O. The molecule has 1 amide bonds. The normalized spacial score (nSPS) is 21.2. The molecule has 1 fully saturated rings. The predicted molar refractivity (Wildman–Crippen MR) is 77.8 cm³/mol. The molecule has 1 heterocycles. The maximum Gasteiger partial charge on any atom is 0.255 e. The lowest BCUT2D eigenvalue weighted by Gasteiger charge is -2.25. The highest BCUT2D eigenvalue weighted by atomic mass is 32.2. The van der Waals surface area contributed by atoms with E-state index >= 15 is 0 Å². The van der Waals surface area contributed by atoms with E-state index in [1.165, 1.54) is 7.05 Å². The maximum absolute atomic E-state index is 12.8. The molecule has 0 N–H and O–H groups in total. The first-order chi connectivity index (χ1) is 10.3. The van der Waals surface area contributed by atoms with Crippen LogP contribution >= 0.6 is 0 Å². The van der Waals surface area contributed by atoms with Crippen LogP contribution in [0.25, 0.3) is 0 Å². The summed E-state index contributed by atoms with van der Waals surface area (Å²) in [4.78, 5) is 13.4. The van der Waals surface area contributed by atoms with Crippen LogP contribution in [0.4, 0.5) is 8.78 Å². The molecule has 1 aliphatic rings. The monoisotopic (exact) mass is 332 g/mol. The molecule has 1 aromatic rings. The molecular weight excluding hydrogens is 314 g/mol. The number of rotatable bonds is 5. The summed E-state index contributed by atoms with van der Waals surface area (Å²) in [5.41, 5.74) is 0.681. The Bertz CT molecular complexity index is 622. The van der Waals surface area contributed by atoms with Crippen molar-refractivity contribution in [2.24, 2.45) is 0 Å². The molecule has 22 heavy (non-hydrogen) atoms. The average molecular weight is 332 g/mol. The van der Waals surface area contributed by atoms with Gasteiger partial charge in [0.05, 0.1) is 6.54 Å². The molecule has 2 rings (SSSR count). The summed E-state index contributed by atoms with van der Waals surface area (Å²) >= 11 is 0. The smallest absolute Gasteiger partial charge is 0.255 e. The van der Waals surface area contributed by atoms with Gasteiger partial charge in [0, 0.05) is 20.1 Å². The summed E-state index contributed by atoms with van der Waals surface area (Å²) < 4.78 is 50.7. The van der Waals surface area contributed by atoms with E-state index in [0.717, 1.165) is 9.21 Å². The quantitative estimate of drug-likeness (QED) is 0.817. The second kappa shape index (κ2) is 6.70. The summed E-state index contributed by atoms with van der Waals surface area (Å²) in [6, 6.07) is 8.67. The number of benzene rings is 1. The van der Waals surface area contributed by atoms with Crippen molar-refractivity contribution < 1.29 is 22.0 Å². The molecule has 0 aliphatic carbocycles. The Morgan fingerprint density at radius 3 is 2.50 bits per heavy atom. The largest absolute Gasteiger partial charge is 0.331 e. The van der Waals surface area contributed by atoms with Crippen LogP contribution < -0.4 is 0 Å². The van der Waals surface area contributed by atoms with Crippen LogP contribution in [0, 0.1) is 0 Å². The Morgan fingerprint density at radius 1 is 1.36 bits per heavy atom. The van der Waals surface area contributed by atoms with E-state index < -0.39 is 34.2 Å². The van der Waals surface area contributed by atoms with Crippen molar-refractivity contribution in [1.82, 2.24) is 9.21 Å². The van der Waals surface area contributed by atoms with E-state index in [-0.39, 0.29) is 19.5 Å². The molecule has 0 aromatic heterocycles. The van der Waals surface area contributed by atoms with Crippen LogP contribution in [-0.2, 0) is 21.4 Å². The number of carbonyl (C=O) groups is 1. The van der Waals surface area contributed by atoms with Gasteiger partial charge in [0.1, 0.15) is 0 Å². The Kier molecular flexibility index (Phi) is 5.12. The third kappa shape index (κ3) is 3.61. The number of hydrogen-bond donors (Lipinski definition) is 0. The first kappa shape index (κ1) is 16.8. The lowest BCUT2D eigenvalue weighted by molar-refractivity contribution is -0.133. The first-order valence-electron chi connectivity index (χ1n) is 6.88. The van der Waals surface area contributed by atoms with Crippen molar-refractivity contribution in [2.45, 2.75) is 24.6 Å². The van der Waals surface area contributed by atoms with Crippen molar-refractivity contribution in [2.75, 3.05) is 20.1 Å². The van der Waals surface area contributed by atoms with Crippen LogP contribution in [0.3, 0.4) is 0 Å². The van der Waals surface area contributed by atoms with E-state index in [9.17, 15) is 22.0 Å². The second-order valence-corrected chi connectivity index (χ2v) is 7.46. The number of amides is 1. The molecule has 0 spiro atoms. The minimum atomic E-state index is -3.74. The number of halogens is 2. The summed E-state index contributed by atoms with van der Waals surface area (Å²) in [6.45, 7) is -0.574. The van der Waals surface area contributed by atoms with Gasteiger partial charge in [-0.05, 0) is 12.0 Å². The number of alkyl halides is 2. The predicted octanol–water partition coefficient (Wildman–Crippen LogP) is 1.31. The lowest BCUT2D eigenvalue weighted by atomic mass is 10.2. The molecule has 0 radical (unpaired) electrons. The van der Waals surface area contributed by atoms with Gasteiger partial charge in [0.2, 0.25) is 15.9 Å². The third-order valence-electron chi connectivity index (χ3n) is 3.66. The summed E-state index contributed by atoms with van der Waals surface area (Å²) in [7, 11) is -2.35. The molecular formula is C14H18F2N2O3S. The van der Waals surface area contributed by atoms with Gasteiger partial charge in [-0.15, -0.1) is 0 Å². The zero-order valence-corrected chi connectivity index (χ0v) is 13.0. The maximum atomic E-state index is 12.8. The fourth-order valence-corrected chi connectivity index (χ4v) is 4.05. The fourth-order valence-electron chi connectivity index (χ4n) is 2.45.